The van der Waals surface area contributed by atoms with E-state index >= 15 is 0 Å². The summed E-state index contributed by atoms with van der Waals surface area (Å²) in [7, 11) is 0. The Bertz CT molecular complexity index is 598. The Labute approximate surface area is 118 Å². The van der Waals surface area contributed by atoms with Crippen molar-refractivity contribution in [2.45, 2.75) is 6.04 Å². The number of rotatable bonds is 4. The summed E-state index contributed by atoms with van der Waals surface area (Å²) in [6.45, 7) is 0. The standard InChI is InChI=1S/C13H10ClNO3S/c14-9-5-2-1-4-8(9)11(13(17)18)15-12(16)10-6-3-7-19-10/h1-7,11H,(H,15,16)(H,17,18)/t11-/m1/s1. The van der Waals surface area contributed by atoms with Gasteiger partial charge in [-0.05, 0) is 17.5 Å². The number of hydrogen-bond acceptors (Lipinski definition) is 3. The average Bonchev–Trinajstić information content (AvgIpc) is 2.90. The fourth-order valence-corrected chi connectivity index (χ4v) is 2.46. The maximum atomic E-state index is 11.9. The third-order valence-corrected chi connectivity index (χ3v) is 3.70. The number of hydrogen-bond donors (Lipinski definition) is 2. The first-order chi connectivity index (χ1) is 9.09. The quantitative estimate of drug-likeness (QED) is 0.911. The SMILES string of the molecule is O=C(N[C@@H](C(=O)O)c1ccccc1Cl)c1cccs1. The molecule has 0 bridgehead atoms. The Morgan fingerprint density at radius 2 is 1.95 bits per heavy atom. The molecule has 0 spiro atoms. The molecular weight excluding hydrogens is 286 g/mol. The number of benzene rings is 1. The van der Waals surface area contributed by atoms with Gasteiger partial charge in [-0.2, -0.15) is 0 Å². The van der Waals surface area contributed by atoms with Crippen molar-refractivity contribution >= 4 is 34.8 Å². The van der Waals surface area contributed by atoms with E-state index in [4.69, 9.17) is 11.6 Å². The number of amides is 1. The van der Waals surface area contributed by atoms with Crippen LogP contribution in [-0.2, 0) is 4.79 Å². The fraction of sp³-hybridized carbons (Fsp3) is 0.0769. The van der Waals surface area contributed by atoms with Crippen molar-refractivity contribution in [1.82, 2.24) is 5.32 Å². The van der Waals surface area contributed by atoms with Gasteiger partial charge in [0.1, 0.15) is 0 Å². The predicted octanol–water partition coefficient (Wildman–Crippen LogP) is 2.96. The molecule has 0 saturated heterocycles. The highest BCUT2D eigenvalue weighted by molar-refractivity contribution is 7.12. The molecule has 1 aromatic carbocycles. The third kappa shape index (κ3) is 3.13. The first kappa shape index (κ1) is 13.6. The van der Waals surface area contributed by atoms with E-state index in [1.165, 1.54) is 11.3 Å². The van der Waals surface area contributed by atoms with Gasteiger partial charge in [0.2, 0.25) is 0 Å². The van der Waals surface area contributed by atoms with Crippen LogP contribution in [-0.4, -0.2) is 17.0 Å². The summed E-state index contributed by atoms with van der Waals surface area (Å²) in [5.74, 6) is -1.58. The van der Waals surface area contributed by atoms with Crippen LogP contribution in [0.3, 0.4) is 0 Å². The Hall–Kier alpha value is -1.85. The molecule has 0 saturated carbocycles. The summed E-state index contributed by atoms with van der Waals surface area (Å²) in [4.78, 5) is 23.6. The lowest BCUT2D eigenvalue weighted by Gasteiger charge is -2.15. The second kappa shape index (κ2) is 5.86. The zero-order chi connectivity index (χ0) is 13.8. The number of halogens is 1. The molecule has 2 aromatic rings. The van der Waals surface area contributed by atoms with Gasteiger partial charge in [-0.1, -0.05) is 35.9 Å². The summed E-state index contributed by atoms with van der Waals surface area (Å²) < 4.78 is 0. The number of nitrogens with one attached hydrogen (secondary N) is 1. The summed E-state index contributed by atoms with van der Waals surface area (Å²) >= 11 is 7.21. The topological polar surface area (TPSA) is 66.4 Å². The lowest BCUT2D eigenvalue weighted by atomic mass is 10.1. The van der Waals surface area contributed by atoms with Crippen molar-refractivity contribution in [3.05, 3.63) is 57.2 Å². The number of carboxylic acid groups (broad SMARTS) is 1. The van der Waals surface area contributed by atoms with Crippen LogP contribution in [0, 0.1) is 0 Å². The zero-order valence-electron chi connectivity index (χ0n) is 9.67. The van der Waals surface area contributed by atoms with E-state index in [-0.39, 0.29) is 0 Å². The molecule has 1 amide bonds. The lowest BCUT2D eigenvalue weighted by Crippen LogP contribution is -2.33. The highest BCUT2D eigenvalue weighted by Gasteiger charge is 2.24. The lowest BCUT2D eigenvalue weighted by molar-refractivity contribution is -0.139. The van der Waals surface area contributed by atoms with Gasteiger partial charge in [0.15, 0.2) is 6.04 Å². The van der Waals surface area contributed by atoms with E-state index in [0.717, 1.165) is 0 Å². The van der Waals surface area contributed by atoms with Crippen molar-refractivity contribution in [3.63, 3.8) is 0 Å². The fourth-order valence-electron chi connectivity index (χ4n) is 1.59. The van der Waals surface area contributed by atoms with Crippen LogP contribution in [0.4, 0.5) is 0 Å². The average molecular weight is 296 g/mol. The predicted molar refractivity (Wildman–Crippen MR) is 73.6 cm³/mol. The van der Waals surface area contributed by atoms with Crippen molar-refractivity contribution < 1.29 is 14.7 Å². The number of carboxylic acids is 1. The summed E-state index contributed by atoms with van der Waals surface area (Å²) in [6, 6.07) is 8.74. The van der Waals surface area contributed by atoms with Gasteiger partial charge in [-0.25, -0.2) is 4.79 Å². The first-order valence-electron chi connectivity index (χ1n) is 5.41. The van der Waals surface area contributed by atoms with E-state index in [0.29, 0.717) is 15.5 Å². The number of aliphatic carboxylic acids is 1. The first-order valence-corrected chi connectivity index (χ1v) is 6.67. The normalized spacial score (nSPS) is 11.8. The highest BCUT2D eigenvalue weighted by Crippen LogP contribution is 2.23. The maximum Gasteiger partial charge on any atom is 0.330 e. The number of thiophene rings is 1. The van der Waals surface area contributed by atoms with Gasteiger partial charge in [0, 0.05) is 10.6 Å². The molecule has 1 atom stereocenters. The molecule has 0 fully saturated rings. The molecule has 98 valence electrons. The van der Waals surface area contributed by atoms with Crippen LogP contribution in [0.15, 0.2) is 41.8 Å². The molecule has 2 N–H and O–H groups in total. The second-order valence-corrected chi connectivity index (χ2v) is 5.10. The Kier molecular flexibility index (Phi) is 4.19. The van der Waals surface area contributed by atoms with Crippen LogP contribution in [0.1, 0.15) is 21.3 Å². The third-order valence-electron chi connectivity index (χ3n) is 2.48. The molecule has 1 aromatic heterocycles. The summed E-state index contributed by atoms with van der Waals surface area (Å²) in [6.07, 6.45) is 0. The van der Waals surface area contributed by atoms with E-state index in [1.54, 1.807) is 41.8 Å². The molecular formula is C13H10ClNO3S. The van der Waals surface area contributed by atoms with Crippen molar-refractivity contribution in [2.24, 2.45) is 0 Å². The van der Waals surface area contributed by atoms with Gasteiger partial charge < -0.3 is 10.4 Å². The molecule has 0 radical (unpaired) electrons. The minimum atomic E-state index is -1.16. The molecule has 0 aliphatic rings. The van der Waals surface area contributed by atoms with Gasteiger partial charge >= 0.3 is 5.97 Å². The minimum Gasteiger partial charge on any atom is -0.479 e. The zero-order valence-corrected chi connectivity index (χ0v) is 11.2. The molecule has 0 aliphatic heterocycles. The largest absolute Gasteiger partial charge is 0.479 e. The monoisotopic (exact) mass is 295 g/mol. The molecule has 6 heteroatoms. The van der Waals surface area contributed by atoms with Crippen LogP contribution in [0.5, 0.6) is 0 Å². The van der Waals surface area contributed by atoms with E-state index in [2.05, 4.69) is 5.32 Å². The van der Waals surface area contributed by atoms with E-state index in [9.17, 15) is 14.7 Å². The van der Waals surface area contributed by atoms with Crippen LogP contribution in [0.25, 0.3) is 0 Å². The van der Waals surface area contributed by atoms with Crippen molar-refractivity contribution in [1.29, 1.82) is 0 Å². The molecule has 2 rings (SSSR count). The Morgan fingerprint density at radius 1 is 1.21 bits per heavy atom. The summed E-state index contributed by atoms with van der Waals surface area (Å²) in [5, 5.41) is 13.7. The number of carbonyl (C=O) groups excluding carboxylic acids is 1. The minimum absolute atomic E-state index is 0.307. The van der Waals surface area contributed by atoms with Crippen molar-refractivity contribution in [2.75, 3.05) is 0 Å². The second-order valence-electron chi connectivity index (χ2n) is 3.74. The smallest absolute Gasteiger partial charge is 0.330 e. The Morgan fingerprint density at radius 3 is 2.53 bits per heavy atom. The summed E-state index contributed by atoms with van der Waals surface area (Å²) in [5.41, 5.74) is 0.363. The van der Waals surface area contributed by atoms with Crippen LogP contribution in [0.2, 0.25) is 5.02 Å². The van der Waals surface area contributed by atoms with Gasteiger partial charge in [-0.3, -0.25) is 4.79 Å². The number of carbonyl (C=O) groups is 2. The van der Waals surface area contributed by atoms with Gasteiger partial charge in [0.25, 0.3) is 5.91 Å². The van der Waals surface area contributed by atoms with E-state index in [1.807, 2.05) is 0 Å². The Balaban J connectivity index is 2.25. The maximum absolute atomic E-state index is 11.9. The van der Waals surface area contributed by atoms with Crippen LogP contribution >= 0.6 is 22.9 Å². The van der Waals surface area contributed by atoms with E-state index < -0.39 is 17.9 Å². The molecule has 4 nitrogen and oxygen atoms in total. The highest BCUT2D eigenvalue weighted by atomic mass is 35.5. The van der Waals surface area contributed by atoms with Crippen molar-refractivity contribution in [3.8, 4) is 0 Å². The molecule has 1 heterocycles. The van der Waals surface area contributed by atoms with Crippen LogP contribution < -0.4 is 5.32 Å². The van der Waals surface area contributed by atoms with Gasteiger partial charge in [0.05, 0.1) is 4.88 Å². The molecule has 0 aliphatic carbocycles. The molecule has 0 unspecified atom stereocenters. The van der Waals surface area contributed by atoms with Gasteiger partial charge in [-0.15, -0.1) is 11.3 Å². The molecule has 19 heavy (non-hydrogen) atoms.